The lowest BCUT2D eigenvalue weighted by Gasteiger charge is -2.38. The van der Waals surface area contributed by atoms with Crippen LogP contribution in [-0.4, -0.2) is 34.1 Å². The van der Waals surface area contributed by atoms with E-state index in [-0.39, 0.29) is 51.7 Å². The number of carbonyl (C=O) groups excluding carboxylic acids is 2. The molecule has 230 valence electrons. The first-order chi connectivity index (χ1) is 21.7. The summed E-state index contributed by atoms with van der Waals surface area (Å²) in [6.45, 7) is 1.89. The predicted molar refractivity (Wildman–Crippen MR) is 175 cm³/mol. The fourth-order valence-electron chi connectivity index (χ4n) is 6.21. The Labute approximate surface area is 274 Å². The Balaban J connectivity index is 1.34. The van der Waals surface area contributed by atoms with E-state index in [1.54, 1.807) is 61.5 Å². The van der Waals surface area contributed by atoms with Crippen LogP contribution in [0.1, 0.15) is 57.1 Å². The minimum absolute atomic E-state index is 0.0113. The third-order valence-corrected chi connectivity index (χ3v) is 10.6. The van der Waals surface area contributed by atoms with Gasteiger partial charge >= 0.3 is 11.9 Å². The molecule has 8 nitrogen and oxygen atoms in total. The number of thioether (sulfide) groups is 1. The van der Waals surface area contributed by atoms with Crippen LogP contribution in [0.4, 0.5) is 11.4 Å². The van der Waals surface area contributed by atoms with Gasteiger partial charge in [-0.1, -0.05) is 48.0 Å². The average Bonchev–Trinajstić information content (AvgIpc) is 3.37. The number of nitrogens with one attached hydrogen (secondary N) is 1. The molecule has 0 spiro atoms. The maximum Gasteiger partial charge on any atom is 0.343 e. The molecule has 4 aromatic rings. The van der Waals surface area contributed by atoms with Crippen molar-refractivity contribution in [1.29, 1.82) is 0 Å². The molecule has 0 bridgehead atoms. The maximum atomic E-state index is 13.4. The number of rotatable bonds is 8. The zero-order chi connectivity index (χ0) is 31.7. The minimum Gasteiger partial charge on any atom is -0.462 e. The molecule has 0 saturated heterocycles. The third-order valence-electron chi connectivity index (χ3n) is 8.20. The second kappa shape index (κ2) is 13.1. The Morgan fingerprint density at radius 1 is 1.00 bits per heavy atom. The van der Waals surface area contributed by atoms with Gasteiger partial charge < -0.3 is 14.8 Å². The summed E-state index contributed by atoms with van der Waals surface area (Å²) in [5.41, 5.74) is 3.24. The highest BCUT2D eigenvalue weighted by Gasteiger charge is 2.50. The van der Waals surface area contributed by atoms with E-state index in [0.29, 0.717) is 21.9 Å². The van der Waals surface area contributed by atoms with Gasteiger partial charge in [0.05, 0.1) is 33.4 Å². The zero-order valence-electron chi connectivity index (χ0n) is 24.0. The molecule has 2 aliphatic rings. The first-order valence-corrected chi connectivity index (χ1v) is 16.1. The molecule has 5 atom stereocenters. The number of para-hydroxylation sites is 2. The molecule has 5 unspecified atom stereocenters. The average molecular weight is 664 g/mol. The lowest BCUT2D eigenvalue weighted by molar-refractivity contribution is -0.387. The molecular weight excluding hydrogens is 635 g/mol. The quantitative estimate of drug-likeness (QED) is 0.0656. The van der Waals surface area contributed by atoms with Gasteiger partial charge in [0.2, 0.25) is 0 Å². The normalized spacial score (nSPS) is 21.6. The Hall–Kier alpha value is -4.05. The highest BCUT2D eigenvalue weighted by molar-refractivity contribution is 8.00. The van der Waals surface area contributed by atoms with Gasteiger partial charge in [-0.25, -0.2) is 9.59 Å². The van der Waals surface area contributed by atoms with Crippen LogP contribution in [0.3, 0.4) is 0 Å². The van der Waals surface area contributed by atoms with Gasteiger partial charge in [0.1, 0.15) is 11.3 Å². The lowest BCUT2D eigenvalue weighted by Crippen LogP contribution is -2.31. The number of alkyl halides is 1. The highest BCUT2D eigenvalue weighted by atomic mass is 35.5. The number of ether oxygens (including phenoxy) is 2. The van der Waals surface area contributed by atoms with E-state index >= 15 is 0 Å². The van der Waals surface area contributed by atoms with E-state index in [1.807, 2.05) is 30.3 Å². The largest absolute Gasteiger partial charge is 0.462 e. The molecule has 4 aromatic carbocycles. The van der Waals surface area contributed by atoms with Crippen LogP contribution < -0.4 is 10.1 Å². The summed E-state index contributed by atoms with van der Waals surface area (Å²) in [6.07, 6.45) is 0.677. The highest BCUT2D eigenvalue weighted by Crippen LogP contribution is 2.58. The van der Waals surface area contributed by atoms with Crippen molar-refractivity contribution >= 4 is 58.3 Å². The molecule has 6 rings (SSSR count). The van der Waals surface area contributed by atoms with Crippen molar-refractivity contribution in [3.8, 4) is 5.75 Å². The molecule has 0 radical (unpaired) electrons. The van der Waals surface area contributed by atoms with Crippen molar-refractivity contribution < 1.29 is 24.0 Å². The van der Waals surface area contributed by atoms with Crippen molar-refractivity contribution in [2.75, 3.05) is 11.9 Å². The topological polar surface area (TPSA) is 108 Å². The Kier molecular flexibility index (Phi) is 9.03. The third kappa shape index (κ3) is 6.25. The summed E-state index contributed by atoms with van der Waals surface area (Å²) in [4.78, 5) is 37.8. The molecule has 1 heterocycles. The van der Waals surface area contributed by atoms with Crippen molar-refractivity contribution in [1.82, 2.24) is 0 Å². The van der Waals surface area contributed by atoms with Gasteiger partial charge in [-0.2, -0.15) is 0 Å². The molecule has 1 fully saturated rings. The molecule has 45 heavy (non-hydrogen) atoms. The van der Waals surface area contributed by atoms with Crippen LogP contribution in [0.15, 0.2) is 95.9 Å². The second-order valence-corrected chi connectivity index (χ2v) is 13.1. The summed E-state index contributed by atoms with van der Waals surface area (Å²) in [5.74, 6) is -1.26. The molecule has 11 heteroatoms. The van der Waals surface area contributed by atoms with Crippen molar-refractivity contribution in [3.05, 3.63) is 128 Å². The summed E-state index contributed by atoms with van der Waals surface area (Å²) >= 11 is 14.9. The van der Waals surface area contributed by atoms with E-state index in [0.717, 1.165) is 16.8 Å². The number of hydrogen-bond donors (Lipinski definition) is 1. The summed E-state index contributed by atoms with van der Waals surface area (Å²) in [5, 5.41) is 15.5. The number of hydrogen-bond acceptors (Lipinski definition) is 8. The van der Waals surface area contributed by atoms with Gasteiger partial charge in [-0.05, 0) is 78.9 Å². The van der Waals surface area contributed by atoms with Crippen LogP contribution >= 0.6 is 35.0 Å². The number of nitro benzene ring substituents is 1. The monoisotopic (exact) mass is 662 g/mol. The Morgan fingerprint density at radius 2 is 1.73 bits per heavy atom. The predicted octanol–water partition coefficient (Wildman–Crippen LogP) is 8.68. The lowest BCUT2D eigenvalue weighted by atomic mass is 9.77. The number of nitrogens with zero attached hydrogens (tertiary/aromatic N) is 1. The summed E-state index contributed by atoms with van der Waals surface area (Å²) in [6, 6.07) is 26.0. The van der Waals surface area contributed by atoms with Crippen LogP contribution in [-0.2, 0) is 4.74 Å². The summed E-state index contributed by atoms with van der Waals surface area (Å²) in [7, 11) is 0. The number of carbonyl (C=O) groups is 2. The van der Waals surface area contributed by atoms with Crippen molar-refractivity contribution in [3.63, 3.8) is 0 Å². The molecule has 1 aliphatic carbocycles. The second-order valence-electron chi connectivity index (χ2n) is 10.8. The number of esters is 2. The SMILES string of the molecule is CCOC(=O)c1ccccc1OC(=O)c1ccc2c(c1)C1C(Cl)C(Sc3ccccc3[N+](=O)[O-])CC1C(c1ccc(Cl)cc1)N2. The molecule has 0 aromatic heterocycles. The van der Waals surface area contributed by atoms with Crippen molar-refractivity contribution in [2.45, 2.75) is 40.8 Å². The molecule has 1 N–H and O–H groups in total. The molecule has 1 aliphatic heterocycles. The maximum absolute atomic E-state index is 13.4. The zero-order valence-corrected chi connectivity index (χ0v) is 26.4. The number of fused-ring (bicyclic) bond motifs is 3. The molecule has 1 saturated carbocycles. The van der Waals surface area contributed by atoms with E-state index in [4.69, 9.17) is 32.7 Å². The molecule has 0 amide bonds. The number of halogens is 2. The Bertz CT molecular complexity index is 1770. The van der Waals surface area contributed by atoms with Crippen LogP contribution in [0.2, 0.25) is 5.02 Å². The van der Waals surface area contributed by atoms with E-state index in [2.05, 4.69) is 5.32 Å². The smallest absolute Gasteiger partial charge is 0.343 e. The van der Waals surface area contributed by atoms with Gasteiger partial charge in [-0.3, -0.25) is 10.1 Å². The standard InChI is InChI=1S/C34H28Cl2N2O6S/c1-2-43-34(40)22-7-3-5-9-27(22)44-33(39)20-13-16-25-23(17-20)30-24(32(37-25)19-11-14-21(35)15-12-19)18-29(31(30)36)45-28-10-6-4-8-26(28)38(41)42/h3-17,24,29-32,37H,2,18H2,1H3. The van der Waals surface area contributed by atoms with Gasteiger partial charge in [0.25, 0.3) is 5.69 Å². The minimum atomic E-state index is -0.624. The number of anilines is 1. The first-order valence-electron chi connectivity index (χ1n) is 14.4. The van der Waals surface area contributed by atoms with Crippen LogP contribution in [0.25, 0.3) is 0 Å². The van der Waals surface area contributed by atoms with E-state index in [1.165, 1.54) is 17.8 Å². The fourth-order valence-corrected chi connectivity index (χ4v) is 8.28. The van der Waals surface area contributed by atoms with E-state index < -0.39 is 17.3 Å². The van der Waals surface area contributed by atoms with Gasteiger partial charge in [0, 0.05) is 27.9 Å². The number of nitro groups is 1. The molecular formula is C34H28Cl2N2O6S. The summed E-state index contributed by atoms with van der Waals surface area (Å²) < 4.78 is 10.8. The van der Waals surface area contributed by atoms with Gasteiger partial charge in [0.15, 0.2) is 0 Å². The fraction of sp³-hybridized carbons (Fsp3) is 0.235. The van der Waals surface area contributed by atoms with E-state index in [9.17, 15) is 19.7 Å². The first kappa shape index (κ1) is 31.0. The number of benzene rings is 4. The van der Waals surface area contributed by atoms with Gasteiger partial charge in [-0.15, -0.1) is 23.4 Å². The van der Waals surface area contributed by atoms with Crippen LogP contribution in [0.5, 0.6) is 5.75 Å². The Morgan fingerprint density at radius 3 is 2.49 bits per heavy atom. The van der Waals surface area contributed by atoms with Crippen molar-refractivity contribution in [2.24, 2.45) is 5.92 Å². The van der Waals surface area contributed by atoms with Crippen LogP contribution in [0, 0.1) is 16.0 Å².